The number of nitrogens with zero attached hydrogens (tertiary/aromatic N) is 2. The molecule has 24 heavy (non-hydrogen) atoms. The van der Waals surface area contributed by atoms with Gasteiger partial charge in [-0.25, -0.2) is 4.98 Å². The van der Waals surface area contributed by atoms with Crippen molar-refractivity contribution in [3.05, 3.63) is 51.7 Å². The summed E-state index contributed by atoms with van der Waals surface area (Å²) in [5.74, 6) is 0.982. The number of ether oxygens (including phenoxy) is 1. The van der Waals surface area contributed by atoms with E-state index in [9.17, 15) is 0 Å². The third kappa shape index (κ3) is 4.33. The van der Waals surface area contributed by atoms with E-state index < -0.39 is 0 Å². The molecule has 0 saturated heterocycles. The molecule has 2 aromatic heterocycles. The Labute approximate surface area is 155 Å². The number of thiazole rings is 1. The van der Waals surface area contributed by atoms with Crippen molar-refractivity contribution in [1.82, 2.24) is 9.97 Å². The number of aryl methyl sites for hydroxylation is 2. The fourth-order valence-electron chi connectivity index (χ4n) is 2.62. The zero-order valence-corrected chi connectivity index (χ0v) is 16.2. The van der Waals surface area contributed by atoms with Crippen LogP contribution in [0.2, 0.25) is 0 Å². The number of pyridine rings is 1. The molecule has 0 unspecified atom stereocenters. The molecule has 5 heteroatoms. The molecule has 3 rings (SSSR count). The van der Waals surface area contributed by atoms with E-state index in [-0.39, 0.29) is 0 Å². The van der Waals surface area contributed by atoms with Crippen LogP contribution in [0.4, 0.5) is 0 Å². The van der Waals surface area contributed by atoms with E-state index in [2.05, 4.69) is 40.0 Å². The number of hydrogen-bond acceptors (Lipinski definition) is 4. The smallest absolute Gasteiger partial charge is 0.125 e. The average Bonchev–Trinajstić information content (AvgIpc) is 3.02. The van der Waals surface area contributed by atoms with Crippen LogP contribution in [0, 0.1) is 0 Å². The Morgan fingerprint density at radius 2 is 2.04 bits per heavy atom. The quantitative estimate of drug-likeness (QED) is 0.444. The van der Waals surface area contributed by atoms with Gasteiger partial charge >= 0.3 is 0 Å². The van der Waals surface area contributed by atoms with E-state index in [1.807, 2.05) is 18.3 Å². The minimum absolute atomic E-state index is 0.762. The summed E-state index contributed by atoms with van der Waals surface area (Å²) in [6.45, 7) is 2.88. The van der Waals surface area contributed by atoms with E-state index in [0.717, 1.165) is 54.4 Å². The summed E-state index contributed by atoms with van der Waals surface area (Å²) in [7, 11) is 0. The van der Waals surface area contributed by atoms with Crippen LogP contribution in [0.15, 0.2) is 41.1 Å². The fraction of sp³-hybridized carbons (Fsp3) is 0.368. The number of fused-ring (bicyclic) bond motifs is 1. The first-order valence-electron chi connectivity index (χ1n) is 8.37. The summed E-state index contributed by atoms with van der Waals surface area (Å²) in [5, 5.41) is 1.21. The van der Waals surface area contributed by atoms with Crippen LogP contribution >= 0.6 is 27.3 Å². The van der Waals surface area contributed by atoms with E-state index in [4.69, 9.17) is 9.72 Å². The molecule has 0 amide bonds. The average molecular weight is 405 g/mol. The number of hydrogen-bond donors (Lipinski definition) is 0. The molecular weight excluding hydrogens is 384 g/mol. The van der Waals surface area contributed by atoms with Gasteiger partial charge in [0.1, 0.15) is 5.75 Å². The molecule has 0 spiro atoms. The Bertz CT molecular complexity index is 803. The van der Waals surface area contributed by atoms with E-state index in [0.29, 0.717) is 0 Å². The second-order valence-electron chi connectivity index (χ2n) is 5.73. The second kappa shape index (κ2) is 8.58. The topological polar surface area (TPSA) is 35.0 Å². The van der Waals surface area contributed by atoms with Crippen molar-refractivity contribution < 1.29 is 4.74 Å². The van der Waals surface area contributed by atoms with Gasteiger partial charge < -0.3 is 4.74 Å². The fourth-order valence-corrected chi connectivity index (χ4v) is 4.22. The predicted octanol–water partition coefficient (Wildman–Crippen LogP) is 5.81. The van der Waals surface area contributed by atoms with Crippen LogP contribution in [-0.4, -0.2) is 16.6 Å². The lowest BCUT2D eigenvalue weighted by molar-refractivity contribution is 0.313. The standard InChI is InChI=1S/C19H21BrN2OS/c1-2-12-23-17-10-11-21-13-14(17)6-3-4-9-18-22-16-8-5-7-15(20)19(16)24-18/h5,7-8,10-11,13H,2-4,6,9,12H2,1H3. The van der Waals surface area contributed by atoms with E-state index in [1.54, 1.807) is 17.5 Å². The summed E-state index contributed by atoms with van der Waals surface area (Å²) in [5.41, 5.74) is 2.30. The third-order valence-electron chi connectivity index (χ3n) is 3.82. The Kier molecular flexibility index (Phi) is 6.21. The second-order valence-corrected chi connectivity index (χ2v) is 7.67. The van der Waals surface area contributed by atoms with Crippen LogP contribution in [-0.2, 0) is 12.8 Å². The highest BCUT2D eigenvalue weighted by Gasteiger charge is 2.07. The van der Waals surface area contributed by atoms with Gasteiger partial charge in [-0.3, -0.25) is 4.98 Å². The molecule has 0 saturated carbocycles. The van der Waals surface area contributed by atoms with Crippen molar-refractivity contribution >= 4 is 37.5 Å². The van der Waals surface area contributed by atoms with Gasteiger partial charge in [0.05, 0.1) is 21.8 Å². The molecule has 0 aliphatic heterocycles. The van der Waals surface area contributed by atoms with Gasteiger partial charge in [0.15, 0.2) is 0 Å². The van der Waals surface area contributed by atoms with Crippen LogP contribution in [0.3, 0.4) is 0 Å². The van der Waals surface area contributed by atoms with E-state index in [1.165, 1.54) is 15.3 Å². The molecule has 1 aromatic carbocycles. The van der Waals surface area contributed by atoms with Crippen molar-refractivity contribution in [2.24, 2.45) is 0 Å². The van der Waals surface area contributed by atoms with Gasteiger partial charge in [-0.2, -0.15) is 0 Å². The molecule has 0 atom stereocenters. The van der Waals surface area contributed by atoms with Crippen molar-refractivity contribution in [3.63, 3.8) is 0 Å². The van der Waals surface area contributed by atoms with Crippen molar-refractivity contribution in [1.29, 1.82) is 0 Å². The third-order valence-corrected chi connectivity index (χ3v) is 5.91. The molecule has 2 heterocycles. The zero-order valence-electron chi connectivity index (χ0n) is 13.8. The summed E-state index contributed by atoms with van der Waals surface area (Å²) < 4.78 is 8.18. The maximum Gasteiger partial charge on any atom is 0.125 e. The molecule has 3 aromatic rings. The highest BCUT2D eigenvalue weighted by Crippen LogP contribution is 2.30. The minimum atomic E-state index is 0.762. The summed E-state index contributed by atoms with van der Waals surface area (Å²) in [6.07, 6.45) is 9.02. The zero-order chi connectivity index (χ0) is 16.8. The highest BCUT2D eigenvalue weighted by atomic mass is 79.9. The molecule has 0 aliphatic rings. The maximum absolute atomic E-state index is 5.80. The van der Waals surface area contributed by atoms with Gasteiger partial charge in [0.25, 0.3) is 0 Å². The lowest BCUT2D eigenvalue weighted by Crippen LogP contribution is -2.00. The van der Waals surface area contributed by atoms with Gasteiger partial charge in [-0.05, 0) is 66.2 Å². The molecular formula is C19H21BrN2OS. The highest BCUT2D eigenvalue weighted by molar-refractivity contribution is 9.10. The van der Waals surface area contributed by atoms with E-state index >= 15 is 0 Å². The SMILES string of the molecule is CCCOc1ccncc1CCCCc1nc2cccc(Br)c2s1. The number of unbranched alkanes of at least 4 members (excludes halogenated alkanes) is 1. The molecule has 0 radical (unpaired) electrons. The van der Waals surface area contributed by atoms with Crippen LogP contribution < -0.4 is 4.74 Å². The number of benzene rings is 1. The molecule has 0 fully saturated rings. The Morgan fingerprint density at radius 3 is 2.88 bits per heavy atom. The van der Waals surface area contributed by atoms with Crippen LogP contribution in [0.5, 0.6) is 5.75 Å². The van der Waals surface area contributed by atoms with Crippen molar-refractivity contribution in [3.8, 4) is 5.75 Å². The monoisotopic (exact) mass is 404 g/mol. The van der Waals surface area contributed by atoms with Crippen molar-refractivity contribution in [2.45, 2.75) is 39.0 Å². The summed E-state index contributed by atoms with van der Waals surface area (Å²) >= 11 is 5.39. The molecule has 0 bridgehead atoms. The van der Waals surface area contributed by atoms with Crippen LogP contribution in [0.25, 0.3) is 10.2 Å². The largest absolute Gasteiger partial charge is 0.493 e. The molecule has 0 aliphatic carbocycles. The Morgan fingerprint density at radius 1 is 1.17 bits per heavy atom. The molecule has 0 N–H and O–H groups in total. The minimum Gasteiger partial charge on any atom is -0.493 e. The van der Waals surface area contributed by atoms with Crippen molar-refractivity contribution in [2.75, 3.05) is 6.61 Å². The first-order chi connectivity index (χ1) is 11.8. The first-order valence-corrected chi connectivity index (χ1v) is 9.98. The number of aromatic nitrogens is 2. The van der Waals surface area contributed by atoms with Gasteiger partial charge in [-0.15, -0.1) is 11.3 Å². The Balaban J connectivity index is 1.54. The predicted molar refractivity (Wildman–Crippen MR) is 104 cm³/mol. The Hall–Kier alpha value is -1.46. The molecule has 3 nitrogen and oxygen atoms in total. The summed E-state index contributed by atoms with van der Waals surface area (Å²) in [4.78, 5) is 8.96. The van der Waals surface area contributed by atoms with Gasteiger partial charge in [0, 0.05) is 22.4 Å². The van der Waals surface area contributed by atoms with Gasteiger partial charge in [0.2, 0.25) is 0 Å². The number of rotatable bonds is 8. The maximum atomic E-state index is 5.80. The normalized spacial score (nSPS) is 11.1. The van der Waals surface area contributed by atoms with Crippen LogP contribution in [0.1, 0.15) is 36.8 Å². The lowest BCUT2D eigenvalue weighted by Gasteiger charge is -2.09. The molecule has 126 valence electrons. The van der Waals surface area contributed by atoms with Gasteiger partial charge in [-0.1, -0.05) is 13.0 Å². The summed E-state index contributed by atoms with van der Waals surface area (Å²) in [6, 6.07) is 8.16. The first kappa shape index (κ1) is 17.4. The lowest BCUT2D eigenvalue weighted by atomic mass is 10.1. The number of halogens is 1.